The Morgan fingerprint density at radius 2 is 0.714 bits per heavy atom. The van der Waals surface area contributed by atoms with Crippen LogP contribution in [0.5, 0.6) is 0 Å². The van der Waals surface area contributed by atoms with Gasteiger partial charge >= 0.3 is 0 Å². The molecule has 4 fully saturated rings. The van der Waals surface area contributed by atoms with Crippen molar-refractivity contribution in [1.82, 2.24) is 10.6 Å². The number of aliphatic hydroxyl groups excluding tert-OH is 4. The Bertz CT molecular complexity index is 623. The number of thioether (sulfide) groups is 4. The van der Waals surface area contributed by atoms with Crippen LogP contribution in [0.4, 0.5) is 0 Å². The Labute approximate surface area is 274 Å². The van der Waals surface area contributed by atoms with Gasteiger partial charge in [0.1, 0.15) is 0 Å². The normalized spacial score (nSPS) is 39.1. The van der Waals surface area contributed by atoms with Gasteiger partial charge in [0.15, 0.2) is 0 Å². The first kappa shape index (κ1) is 41.1. The Hall–Kier alpha value is 1.08. The van der Waals surface area contributed by atoms with E-state index in [4.69, 9.17) is 11.5 Å². The number of hydrogen-bond acceptors (Lipinski definition) is 12. The van der Waals surface area contributed by atoms with E-state index in [-0.39, 0.29) is 24.4 Å². The van der Waals surface area contributed by atoms with E-state index in [1.807, 2.05) is 26.6 Å². The first-order valence-electron chi connectivity index (χ1n) is 15.6. The summed E-state index contributed by atoms with van der Waals surface area (Å²) in [5.74, 6) is 2.50. The summed E-state index contributed by atoms with van der Waals surface area (Å²) in [5, 5.41) is 46.0. The molecule has 0 radical (unpaired) electrons. The van der Waals surface area contributed by atoms with Crippen molar-refractivity contribution in [1.29, 1.82) is 0 Å². The van der Waals surface area contributed by atoms with Gasteiger partial charge in [0.2, 0.25) is 0 Å². The molecule has 4 aliphatic rings. The Morgan fingerprint density at radius 3 is 0.881 bits per heavy atom. The van der Waals surface area contributed by atoms with E-state index in [1.54, 1.807) is 47.0 Å². The van der Waals surface area contributed by atoms with Gasteiger partial charge in [-0.05, 0) is 140 Å². The van der Waals surface area contributed by atoms with Gasteiger partial charge in [0, 0.05) is 21.0 Å². The summed E-state index contributed by atoms with van der Waals surface area (Å²) in [6, 6.07) is 0. The lowest BCUT2D eigenvalue weighted by molar-refractivity contribution is 0.181. The fourth-order valence-electron chi connectivity index (χ4n) is 6.61. The van der Waals surface area contributed by atoms with Gasteiger partial charge in [-0.2, -0.15) is 47.0 Å². The standard InChI is InChI=1S/2C8H17NOS.2C7H15NOS/c2*1-9-5-6-3-7(10)8(4-6)11-2;2*1-10-7-3-5(4-8)2-6(7)9/h2*6-10H,3-5H2,1-2H3;2*5-7,9H,2-4,8H2,1H3/t2*6-,7-,8-;2*5-,6-,7-/m1010/s1. The average molecular weight is 673 g/mol. The number of aliphatic hydroxyl groups is 4. The highest BCUT2D eigenvalue weighted by Crippen LogP contribution is 2.34. The van der Waals surface area contributed by atoms with Crippen molar-refractivity contribution < 1.29 is 20.4 Å². The largest absolute Gasteiger partial charge is 0.392 e. The quantitative estimate of drug-likeness (QED) is 0.172. The number of rotatable bonds is 10. The second-order valence-corrected chi connectivity index (χ2v) is 16.6. The maximum Gasteiger partial charge on any atom is 0.0661 e. The van der Waals surface area contributed by atoms with Crippen molar-refractivity contribution in [2.45, 2.75) is 96.8 Å². The van der Waals surface area contributed by atoms with E-state index in [0.717, 1.165) is 64.7 Å². The molecule has 0 amide bonds. The van der Waals surface area contributed by atoms with Gasteiger partial charge in [-0.25, -0.2) is 0 Å². The zero-order chi connectivity index (χ0) is 31.7. The fourth-order valence-corrected chi connectivity index (χ4v) is 10.2. The van der Waals surface area contributed by atoms with Crippen LogP contribution in [0.3, 0.4) is 0 Å². The molecule has 252 valence electrons. The maximum absolute atomic E-state index is 9.54. The van der Waals surface area contributed by atoms with Crippen LogP contribution in [0.2, 0.25) is 0 Å². The predicted octanol–water partition coefficient (Wildman–Crippen LogP) is 2.31. The van der Waals surface area contributed by atoms with Crippen LogP contribution < -0.4 is 22.1 Å². The van der Waals surface area contributed by atoms with Gasteiger partial charge in [0.05, 0.1) is 24.4 Å². The Morgan fingerprint density at radius 1 is 0.476 bits per heavy atom. The van der Waals surface area contributed by atoms with Crippen LogP contribution in [-0.4, -0.2) is 131 Å². The summed E-state index contributed by atoms with van der Waals surface area (Å²) in [5.41, 5.74) is 11.0. The maximum atomic E-state index is 9.54. The minimum Gasteiger partial charge on any atom is -0.392 e. The SMILES string of the molecule is CNC[C@@H]1C[C@@H](O)[C@H](SC)C1.CNC[C@@H]1C[C@H](SC)[C@@H](O)C1.CS[C@@H]1C[C@H](CN)C[C@H]1O.CS[C@H]1C[C@@H](CN)C[C@@H]1O. The second-order valence-electron chi connectivity index (χ2n) is 12.3. The molecule has 0 bridgehead atoms. The number of nitrogens with one attached hydrogen (secondary N) is 2. The smallest absolute Gasteiger partial charge is 0.0661 e. The number of nitrogens with two attached hydrogens (primary N) is 2. The molecule has 12 atom stereocenters. The molecule has 4 rings (SSSR count). The average Bonchev–Trinajstić information content (AvgIpc) is 3.74. The van der Waals surface area contributed by atoms with Crippen molar-refractivity contribution in [3.63, 3.8) is 0 Å². The van der Waals surface area contributed by atoms with Crippen LogP contribution in [0.25, 0.3) is 0 Å². The zero-order valence-electron chi connectivity index (χ0n) is 27.0. The van der Waals surface area contributed by atoms with Gasteiger partial charge < -0.3 is 42.5 Å². The molecule has 0 heterocycles. The highest BCUT2D eigenvalue weighted by Gasteiger charge is 2.33. The van der Waals surface area contributed by atoms with E-state index < -0.39 is 0 Å². The van der Waals surface area contributed by atoms with Gasteiger partial charge in [-0.1, -0.05) is 0 Å². The topological polar surface area (TPSA) is 157 Å². The molecular formula is C30H64N4O4S4. The van der Waals surface area contributed by atoms with Gasteiger partial charge in [0.25, 0.3) is 0 Å². The first-order chi connectivity index (χ1) is 20.1. The van der Waals surface area contributed by atoms with E-state index >= 15 is 0 Å². The molecule has 4 saturated carbocycles. The molecule has 4 aliphatic carbocycles. The van der Waals surface area contributed by atoms with Crippen LogP contribution in [0.1, 0.15) is 51.4 Å². The van der Waals surface area contributed by atoms with Crippen molar-refractivity contribution in [2.24, 2.45) is 35.1 Å². The monoisotopic (exact) mass is 672 g/mol. The molecule has 0 aromatic heterocycles. The molecular weight excluding hydrogens is 609 g/mol. The van der Waals surface area contributed by atoms with E-state index in [2.05, 4.69) is 23.1 Å². The Balaban J connectivity index is 0.000000280. The summed E-state index contributed by atoms with van der Waals surface area (Å²) in [6.07, 6.45) is 16.2. The lowest BCUT2D eigenvalue weighted by Crippen LogP contribution is -2.16. The third-order valence-corrected chi connectivity index (χ3v) is 13.6. The van der Waals surface area contributed by atoms with Crippen molar-refractivity contribution in [2.75, 3.05) is 65.3 Å². The fraction of sp³-hybridized carbons (Fsp3) is 1.00. The zero-order valence-corrected chi connectivity index (χ0v) is 30.3. The summed E-state index contributed by atoms with van der Waals surface area (Å²) >= 11 is 7.09. The van der Waals surface area contributed by atoms with Crippen LogP contribution in [-0.2, 0) is 0 Å². The third kappa shape index (κ3) is 14.7. The summed E-state index contributed by atoms with van der Waals surface area (Å²) in [4.78, 5) is 0. The van der Waals surface area contributed by atoms with Crippen molar-refractivity contribution >= 4 is 47.0 Å². The molecule has 12 heteroatoms. The first-order valence-corrected chi connectivity index (χ1v) is 20.8. The molecule has 0 aromatic rings. The molecule has 10 N–H and O–H groups in total. The molecule has 0 saturated heterocycles. The lowest BCUT2D eigenvalue weighted by Gasteiger charge is -2.09. The molecule has 0 spiro atoms. The van der Waals surface area contributed by atoms with Crippen LogP contribution in [0.15, 0.2) is 0 Å². The van der Waals surface area contributed by atoms with Crippen LogP contribution in [0, 0.1) is 23.7 Å². The molecule has 0 unspecified atom stereocenters. The van der Waals surface area contributed by atoms with E-state index in [9.17, 15) is 20.4 Å². The summed E-state index contributed by atoms with van der Waals surface area (Å²) in [6.45, 7) is 3.56. The molecule has 0 aromatic carbocycles. The predicted molar refractivity (Wildman–Crippen MR) is 190 cm³/mol. The lowest BCUT2D eigenvalue weighted by atomic mass is 10.1. The Kier molecular flexibility index (Phi) is 22.9. The van der Waals surface area contributed by atoms with E-state index in [1.165, 1.54) is 12.8 Å². The minimum absolute atomic E-state index is 0.0663. The molecule has 0 aliphatic heterocycles. The van der Waals surface area contributed by atoms with Gasteiger partial charge in [-0.3, -0.25) is 0 Å². The summed E-state index contributed by atoms with van der Waals surface area (Å²) < 4.78 is 0. The number of hydrogen-bond donors (Lipinski definition) is 8. The molecule has 8 nitrogen and oxygen atoms in total. The highest BCUT2D eigenvalue weighted by atomic mass is 32.2. The van der Waals surface area contributed by atoms with Crippen molar-refractivity contribution in [3.05, 3.63) is 0 Å². The van der Waals surface area contributed by atoms with Gasteiger partial charge in [-0.15, -0.1) is 0 Å². The van der Waals surface area contributed by atoms with Crippen molar-refractivity contribution in [3.8, 4) is 0 Å². The summed E-state index contributed by atoms with van der Waals surface area (Å²) in [7, 11) is 3.94. The third-order valence-electron chi connectivity index (χ3n) is 9.14. The second kappa shape index (κ2) is 23.4. The van der Waals surface area contributed by atoms with E-state index in [0.29, 0.717) is 44.7 Å². The minimum atomic E-state index is -0.108. The molecule has 42 heavy (non-hydrogen) atoms. The van der Waals surface area contributed by atoms with Crippen LogP contribution >= 0.6 is 47.0 Å². The highest BCUT2D eigenvalue weighted by molar-refractivity contribution is 7.99.